The summed E-state index contributed by atoms with van der Waals surface area (Å²) in [5.74, 6) is -2.54. The summed E-state index contributed by atoms with van der Waals surface area (Å²) >= 11 is 0. The molecule has 6 heteroatoms. The van der Waals surface area contributed by atoms with Crippen molar-refractivity contribution in [2.45, 2.75) is 12.8 Å². The van der Waals surface area contributed by atoms with Crippen molar-refractivity contribution in [2.24, 2.45) is 0 Å². The number of esters is 1. The fourth-order valence-electron chi connectivity index (χ4n) is 1.67. The Kier molecular flexibility index (Phi) is 2.55. The smallest absolute Gasteiger partial charge is 0.339 e. The first-order chi connectivity index (χ1) is 8.00. The molecule has 1 aromatic carbocycles. The lowest BCUT2D eigenvalue weighted by Crippen LogP contribution is -2.11. The molecule has 0 saturated heterocycles. The lowest BCUT2D eigenvalue weighted by molar-refractivity contribution is -0.134. The van der Waals surface area contributed by atoms with Gasteiger partial charge < -0.3 is 15.6 Å². The maximum absolute atomic E-state index is 11.7. The number of aromatic carboxylic acids is 1. The number of ether oxygens (including phenoxy) is 1. The average molecular weight is 235 g/mol. The summed E-state index contributed by atoms with van der Waals surface area (Å²) in [6, 6.07) is 2.53. The van der Waals surface area contributed by atoms with Crippen LogP contribution in [0.2, 0.25) is 0 Å². The predicted molar refractivity (Wildman–Crippen MR) is 57.0 cm³/mol. The van der Waals surface area contributed by atoms with Gasteiger partial charge in [-0.25, -0.2) is 4.79 Å². The standard InChI is InChI=1S/C11H9NO5/c12-6-2-1-5(11(15)16)10-9(6)7(13)3-4-8(14)17-10/h1-2H,3-4,12H2,(H,15,16). The molecule has 0 atom stereocenters. The average Bonchev–Trinajstić information content (AvgIpc) is 2.39. The molecule has 1 heterocycles. The van der Waals surface area contributed by atoms with E-state index in [1.165, 1.54) is 12.1 Å². The Labute approximate surface area is 96.0 Å². The number of nitrogens with two attached hydrogens (primary N) is 1. The molecular weight excluding hydrogens is 226 g/mol. The van der Waals surface area contributed by atoms with E-state index >= 15 is 0 Å². The Hall–Kier alpha value is -2.37. The van der Waals surface area contributed by atoms with E-state index in [1.54, 1.807) is 0 Å². The Balaban J connectivity index is 2.71. The van der Waals surface area contributed by atoms with Crippen molar-refractivity contribution < 1.29 is 24.2 Å². The number of benzene rings is 1. The monoisotopic (exact) mass is 235 g/mol. The van der Waals surface area contributed by atoms with Crippen LogP contribution in [0.15, 0.2) is 12.1 Å². The zero-order valence-electron chi connectivity index (χ0n) is 8.73. The first-order valence-electron chi connectivity index (χ1n) is 4.90. The van der Waals surface area contributed by atoms with Gasteiger partial charge in [0.15, 0.2) is 11.5 Å². The summed E-state index contributed by atoms with van der Waals surface area (Å²) in [4.78, 5) is 34.0. The largest absolute Gasteiger partial charge is 0.478 e. The van der Waals surface area contributed by atoms with Crippen LogP contribution in [0.3, 0.4) is 0 Å². The van der Waals surface area contributed by atoms with Crippen molar-refractivity contribution >= 4 is 23.4 Å². The number of carboxylic acid groups (broad SMARTS) is 1. The second-order valence-electron chi connectivity index (χ2n) is 3.61. The number of fused-ring (bicyclic) bond motifs is 1. The number of carboxylic acids is 1. The molecule has 0 saturated carbocycles. The number of anilines is 1. The molecule has 1 aromatic rings. The van der Waals surface area contributed by atoms with E-state index in [0.29, 0.717) is 0 Å². The summed E-state index contributed by atoms with van der Waals surface area (Å²) < 4.78 is 4.88. The van der Waals surface area contributed by atoms with Crippen LogP contribution in [0, 0.1) is 0 Å². The van der Waals surface area contributed by atoms with Crippen molar-refractivity contribution in [3.05, 3.63) is 23.3 Å². The summed E-state index contributed by atoms with van der Waals surface area (Å²) in [7, 11) is 0. The summed E-state index contributed by atoms with van der Waals surface area (Å²) in [5.41, 5.74) is 5.47. The van der Waals surface area contributed by atoms with Crippen molar-refractivity contribution in [3.8, 4) is 5.75 Å². The van der Waals surface area contributed by atoms with Crippen LogP contribution in [-0.4, -0.2) is 22.8 Å². The molecular formula is C11H9NO5. The van der Waals surface area contributed by atoms with Crippen LogP contribution < -0.4 is 10.5 Å². The minimum absolute atomic E-state index is 0.0178. The molecule has 0 unspecified atom stereocenters. The van der Waals surface area contributed by atoms with E-state index in [0.717, 1.165) is 0 Å². The van der Waals surface area contributed by atoms with Crippen molar-refractivity contribution in [2.75, 3.05) is 5.73 Å². The molecule has 0 bridgehead atoms. The molecule has 1 aliphatic rings. The molecule has 0 aromatic heterocycles. The molecule has 0 spiro atoms. The summed E-state index contributed by atoms with van der Waals surface area (Å²) in [5, 5.41) is 8.95. The number of nitrogen functional groups attached to an aromatic ring is 1. The zero-order valence-corrected chi connectivity index (χ0v) is 8.73. The predicted octanol–water partition coefficient (Wildman–Crippen LogP) is 0.849. The zero-order chi connectivity index (χ0) is 12.6. The molecule has 6 nitrogen and oxygen atoms in total. The van der Waals surface area contributed by atoms with Crippen LogP contribution in [0.25, 0.3) is 0 Å². The lowest BCUT2D eigenvalue weighted by Gasteiger charge is -2.10. The van der Waals surface area contributed by atoms with Crippen LogP contribution >= 0.6 is 0 Å². The van der Waals surface area contributed by atoms with Gasteiger partial charge in [0.2, 0.25) is 0 Å². The lowest BCUT2D eigenvalue weighted by atomic mass is 10.0. The van der Waals surface area contributed by atoms with E-state index in [9.17, 15) is 14.4 Å². The highest BCUT2D eigenvalue weighted by molar-refractivity contribution is 6.09. The quantitative estimate of drug-likeness (QED) is 0.424. The third-order valence-corrected chi connectivity index (χ3v) is 2.47. The van der Waals surface area contributed by atoms with Gasteiger partial charge in [-0.2, -0.15) is 0 Å². The normalized spacial score (nSPS) is 14.8. The third-order valence-electron chi connectivity index (χ3n) is 2.47. The van der Waals surface area contributed by atoms with E-state index in [2.05, 4.69) is 0 Å². The maximum atomic E-state index is 11.7. The molecule has 3 N–H and O–H groups in total. The Morgan fingerprint density at radius 2 is 2.00 bits per heavy atom. The van der Waals surface area contributed by atoms with Crippen molar-refractivity contribution in [1.82, 2.24) is 0 Å². The number of Topliss-reactive ketones (excluding diaryl/α,β-unsaturated/α-hetero) is 1. The van der Waals surface area contributed by atoms with Gasteiger partial charge in [0.1, 0.15) is 5.56 Å². The first kappa shape index (κ1) is 11.1. The number of ketones is 1. The van der Waals surface area contributed by atoms with Crippen LogP contribution in [0.5, 0.6) is 5.75 Å². The molecule has 0 amide bonds. The minimum atomic E-state index is -1.27. The number of carbonyl (C=O) groups excluding carboxylic acids is 2. The molecule has 88 valence electrons. The summed E-state index contributed by atoms with van der Waals surface area (Å²) in [6.07, 6.45) is -0.106. The SMILES string of the molecule is Nc1ccc(C(=O)O)c2c1C(=O)CCC(=O)O2. The number of rotatable bonds is 1. The second-order valence-corrected chi connectivity index (χ2v) is 3.61. The van der Waals surface area contributed by atoms with Crippen LogP contribution in [0.4, 0.5) is 5.69 Å². The molecule has 2 rings (SSSR count). The Morgan fingerprint density at radius 1 is 1.29 bits per heavy atom. The van der Waals surface area contributed by atoms with E-state index in [4.69, 9.17) is 15.6 Å². The molecule has 0 fully saturated rings. The highest BCUT2D eigenvalue weighted by Gasteiger charge is 2.28. The minimum Gasteiger partial charge on any atom is -0.478 e. The topological polar surface area (TPSA) is 107 Å². The Bertz CT molecular complexity index is 535. The van der Waals surface area contributed by atoms with Gasteiger partial charge in [0, 0.05) is 12.1 Å². The highest BCUT2D eigenvalue weighted by Crippen LogP contribution is 2.33. The van der Waals surface area contributed by atoms with Gasteiger partial charge >= 0.3 is 11.9 Å². The number of hydrogen-bond acceptors (Lipinski definition) is 5. The number of carbonyl (C=O) groups is 3. The van der Waals surface area contributed by atoms with E-state index in [1.807, 2.05) is 0 Å². The van der Waals surface area contributed by atoms with Gasteiger partial charge in [-0.05, 0) is 12.1 Å². The highest BCUT2D eigenvalue weighted by atomic mass is 16.5. The molecule has 1 aliphatic heterocycles. The van der Waals surface area contributed by atoms with Gasteiger partial charge in [-0.3, -0.25) is 9.59 Å². The molecule has 0 aliphatic carbocycles. The van der Waals surface area contributed by atoms with Gasteiger partial charge in [-0.15, -0.1) is 0 Å². The molecule has 17 heavy (non-hydrogen) atoms. The van der Waals surface area contributed by atoms with Gasteiger partial charge in [-0.1, -0.05) is 0 Å². The fraction of sp³-hybridized carbons (Fsp3) is 0.182. The van der Waals surface area contributed by atoms with E-state index < -0.39 is 11.9 Å². The van der Waals surface area contributed by atoms with Crippen LogP contribution in [-0.2, 0) is 4.79 Å². The molecule has 0 radical (unpaired) electrons. The fourth-order valence-corrected chi connectivity index (χ4v) is 1.67. The second kappa shape index (κ2) is 3.89. The summed E-state index contributed by atoms with van der Waals surface area (Å²) in [6.45, 7) is 0. The van der Waals surface area contributed by atoms with Crippen LogP contribution in [0.1, 0.15) is 33.6 Å². The van der Waals surface area contributed by atoms with Crippen molar-refractivity contribution in [3.63, 3.8) is 0 Å². The van der Waals surface area contributed by atoms with Gasteiger partial charge in [0.25, 0.3) is 0 Å². The van der Waals surface area contributed by atoms with Crippen molar-refractivity contribution in [1.29, 1.82) is 0 Å². The number of hydrogen-bond donors (Lipinski definition) is 2. The van der Waals surface area contributed by atoms with Gasteiger partial charge in [0.05, 0.1) is 12.0 Å². The maximum Gasteiger partial charge on any atom is 0.339 e. The Morgan fingerprint density at radius 3 is 2.65 bits per heavy atom. The van der Waals surface area contributed by atoms with E-state index in [-0.39, 0.29) is 41.2 Å². The third kappa shape index (κ3) is 1.84. The first-order valence-corrected chi connectivity index (χ1v) is 4.90.